The average Bonchev–Trinajstić information content (AvgIpc) is 2.41. The predicted molar refractivity (Wildman–Crippen MR) is 63.6 cm³/mol. The van der Waals surface area contributed by atoms with Crippen LogP contribution < -0.4 is 0 Å². The third kappa shape index (κ3) is 3.41. The molecule has 0 bridgehead atoms. The van der Waals surface area contributed by atoms with Gasteiger partial charge >= 0.3 is 11.9 Å². The monoisotopic (exact) mass is 258 g/mol. The SMILES string of the molecule is C=C(C/C(=C/C)C(=O)OC)[C@](O)(CO)C(=O)OC. The van der Waals surface area contributed by atoms with E-state index in [1.165, 1.54) is 13.2 Å². The first-order chi connectivity index (χ1) is 8.37. The van der Waals surface area contributed by atoms with E-state index in [4.69, 9.17) is 5.11 Å². The van der Waals surface area contributed by atoms with Crippen molar-refractivity contribution in [3.63, 3.8) is 0 Å². The molecule has 0 heterocycles. The Morgan fingerprint density at radius 3 is 2.22 bits per heavy atom. The van der Waals surface area contributed by atoms with Crippen molar-refractivity contribution in [2.24, 2.45) is 0 Å². The molecule has 0 aromatic carbocycles. The Morgan fingerprint density at radius 2 is 1.89 bits per heavy atom. The Morgan fingerprint density at radius 1 is 1.33 bits per heavy atom. The molecule has 102 valence electrons. The molecular formula is C12H18O6. The van der Waals surface area contributed by atoms with Crippen molar-refractivity contribution in [3.8, 4) is 0 Å². The number of methoxy groups -OCH3 is 2. The Hall–Kier alpha value is -1.66. The molecule has 0 aromatic heterocycles. The van der Waals surface area contributed by atoms with Crippen molar-refractivity contribution in [3.05, 3.63) is 23.8 Å². The van der Waals surface area contributed by atoms with Crippen LogP contribution in [0.1, 0.15) is 13.3 Å². The van der Waals surface area contributed by atoms with Gasteiger partial charge in [-0.3, -0.25) is 0 Å². The Kier molecular flexibility index (Phi) is 6.29. The highest BCUT2D eigenvalue weighted by atomic mass is 16.5. The lowest BCUT2D eigenvalue weighted by Crippen LogP contribution is -2.45. The summed E-state index contributed by atoms with van der Waals surface area (Å²) in [6, 6.07) is 0. The van der Waals surface area contributed by atoms with Gasteiger partial charge in [-0.05, 0) is 12.5 Å². The van der Waals surface area contributed by atoms with E-state index in [2.05, 4.69) is 16.1 Å². The maximum Gasteiger partial charge on any atom is 0.344 e. The highest BCUT2D eigenvalue weighted by molar-refractivity contribution is 5.90. The number of hydrogen-bond acceptors (Lipinski definition) is 6. The Bertz CT molecular complexity index is 371. The molecule has 2 N–H and O–H groups in total. The van der Waals surface area contributed by atoms with Crippen LogP contribution >= 0.6 is 0 Å². The molecule has 0 amide bonds. The van der Waals surface area contributed by atoms with Crippen LogP contribution in [-0.2, 0) is 19.1 Å². The van der Waals surface area contributed by atoms with E-state index < -0.39 is 24.1 Å². The summed E-state index contributed by atoms with van der Waals surface area (Å²) in [4.78, 5) is 22.7. The summed E-state index contributed by atoms with van der Waals surface area (Å²) in [5, 5.41) is 19.0. The molecule has 0 aliphatic carbocycles. The van der Waals surface area contributed by atoms with Gasteiger partial charge in [0.2, 0.25) is 5.60 Å². The fourth-order valence-electron chi connectivity index (χ4n) is 1.29. The van der Waals surface area contributed by atoms with Gasteiger partial charge in [-0.1, -0.05) is 12.7 Å². The molecule has 1 atom stereocenters. The molecule has 18 heavy (non-hydrogen) atoms. The standard InChI is InChI=1S/C12H18O6/c1-5-9(10(14)17-3)6-8(2)12(16,7-13)11(15)18-4/h5,13,16H,2,6-7H2,1,3-4H3/b9-5-/t12-/m1/s1. The summed E-state index contributed by atoms with van der Waals surface area (Å²) in [7, 11) is 2.29. The van der Waals surface area contributed by atoms with E-state index >= 15 is 0 Å². The van der Waals surface area contributed by atoms with Crippen LogP contribution in [0.5, 0.6) is 0 Å². The number of hydrogen-bond donors (Lipinski definition) is 2. The summed E-state index contributed by atoms with van der Waals surface area (Å²) in [5.74, 6) is -1.63. The van der Waals surface area contributed by atoms with Gasteiger partial charge in [0, 0.05) is 12.0 Å². The van der Waals surface area contributed by atoms with Gasteiger partial charge in [0.05, 0.1) is 20.8 Å². The Labute approximate surface area is 106 Å². The van der Waals surface area contributed by atoms with Gasteiger partial charge in [0.25, 0.3) is 0 Å². The van der Waals surface area contributed by atoms with Crippen LogP contribution in [0, 0.1) is 0 Å². The van der Waals surface area contributed by atoms with Crippen LogP contribution in [-0.4, -0.2) is 48.6 Å². The molecule has 0 saturated carbocycles. The summed E-state index contributed by atoms with van der Waals surface area (Å²) in [6.45, 7) is 4.24. The zero-order valence-corrected chi connectivity index (χ0v) is 10.7. The van der Waals surface area contributed by atoms with Crippen LogP contribution in [0.4, 0.5) is 0 Å². The number of carbonyl (C=O) groups is 2. The number of carbonyl (C=O) groups excluding carboxylic acids is 2. The van der Waals surface area contributed by atoms with Crippen LogP contribution in [0.25, 0.3) is 0 Å². The van der Waals surface area contributed by atoms with E-state index in [1.54, 1.807) is 6.92 Å². The van der Waals surface area contributed by atoms with Crippen molar-refractivity contribution in [2.75, 3.05) is 20.8 Å². The quantitative estimate of drug-likeness (QED) is 0.394. The lowest BCUT2D eigenvalue weighted by Gasteiger charge is -2.25. The summed E-state index contributed by atoms with van der Waals surface area (Å²) < 4.78 is 8.91. The second-order valence-electron chi connectivity index (χ2n) is 3.60. The van der Waals surface area contributed by atoms with Crippen LogP contribution in [0.3, 0.4) is 0 Å². The third-order valence-electron chi connectivity index (χ3n) is 2.54. The molecule has 0 aromatic rings. The summed E-state index contributed by atoms with van der Waals surface area (Å²) >= 11 is 0. The lowest BCUT2D eigenvalue weighted by atomic mass is 9.90. The lowest BCUT2D eigenvalue weighted by molar-refractivity contribution is -0.162. The third-order valence-corrected chi connectivity index (χ3v) is 2.54. The van der Waals surface area contributed by atoms with Gasteiger partial charge in [-0.15, -0.1) is 0 Å². The predicted octanol–water partition coefficient (Wildman–Crippen LogP) is -0.0516. The highest BCUT2D eigenvalue weighted by Crippen LogP contribution is 2.24. The van der Waals surface area contributed by atoms with Crippen molar-refractivity contribution in [2.45, 2.75) is 18.9 Å². The number of allylic oxidation sites excluding steroid dienone is 1. The molecule has 6 nitrogen and oxygen atoms in total. The smallest absolute Gasteiger partial charge is 0.344 e. The van der Waals surface area contributed by atoms with Crippen LogP contribution in [0.15, 0.2) is 23.8 Å². The second kappa shape index (κ2) is 6.93. The van der Waals surface area contributed by atoms with E-state index in [0.717, 1.165) is 7.11 Å². The molecule has 0 spiro atoms. The molecule has 6 heteroatoms. The minimum absolute atomic E-state index is 0.0460. The average molecular weight is 258 g/mol. The zero-order chi connectivity index (χ0) is 14.3. The molecule has 0 aliphatic heterocycles. The van der Waals surface area contributed by atoms with E-state index in [9.17, 15) is 14.7 Å². The van der Waals surface area contributed by atoms with Gasteiger partial charge in [-0.25, -0.2) is 9.59 Å². The first kappa shape index (κ1) is 16.3. The highest BCUT2D eigenvalue weighted by Gasteiger charge is 2.40. The van der Waals surface area contributed by atoms with Crippen molar-refractivity contribution < 1.29 is 29.3 Å². The molecule has 0 radical (unpaired) electrons. The first-order valence-corrected chi connectivity index (χ1v) is 5.20. The minimum Gasteiger partial charge on any atom is -0.467 e. The minimum atomic E-state index is -2.23. The maximum atomic E-state index is 11.4. The fourth-order valence-corrected chi connectivity index (χ4v) is 1.29. The Balaban J connectivity index is 5.04. The van der Waals surface area contributed by atoms with Gasteiger partial charge < -0.3 is 19.7 Å². The summed E-state index contributed by atoms with van der Waals surface area (Å²) in [5.41, 5.74) is -2.05. The fraction of sp³-hybridized carbons (Fsp3) is 0.500. The number of aliphatic hydroxyl groups excluding tert-OH is 1. The number of esters is 2. The molecule has 0 fully saturated rings. The summed E-state index contributed by atoms with van der Waals surface area (Å²) in [6.07, 6.45) is 1.38. The van der Waals surface area contributed by atoms with E-state index in [1.807, 2.05) is 0 Å². The van der Waals surface area contributed by atoms with Crippen molar-refractivity contribution in [1.29, 1.82) is 0 Å². The number of rotatable bonds is 6. The number of aliphatic hydroxyl groups is 2. The molecule has 0 saturated heterocycles. The van der Waals surface area contributed by atoms with Gasteiger partial charge in [-0.2, -0.15) is 0 Å². The van der Waals surface area contributed by atoms with Gasteiger partial charge in [0.15, 0.2) is 0 Å². The zero-order valence-electron chi connectivity index (χ0n) is 10.7. The van der Waals surface area contributed by atoms with Gasteiger partial charge in [0.1, 0.15) is 0 Å². The van der Waals surface area contributed by atoms with Crippen LogP contribution in [0.2, 0.25) is 0 Å². The van der Waals surface area contributed by atoms with E-state index in [0.29, 0.717) is 0 Å². The van der Waals surface area contributed by atoms with Crippen molar-refractivity contribution in [1.82, 2.24) is 0 Å². The topological polar surface area (TPSA) is 93.1 Å². The molecule has 0 aliphatic rings. The molecular weight excluding hydrogens is 240 g/mol. The first-order valence-electron chi connectivity index (χ1n) is 5.20. The molecule has 0 unspecified atom stereocenters. The number of ether oxygens (including phenoxy) is 2. The second-order valence-corrected chi connectivity index (χ2v) is 3.60. The van der Waals surface area contributed by atoms with Crippen molar-refractivity contribution >= 4 is 11.9 Å². The normalized spacial score (nSPS) is 14.6. The maximum absolute atomic E-state index is 11.4. The molecule has 0 rings (SSSR count). The largest absolute Gasteiger partial charge is 0.467 e. The van der Waals surface area contributed by atoms with E-state index in [-0.39, 0.29) is 17.6 Å².